The molecule has 1 aromatic carbocycles. The molecule has 0 bridgehead atoms. The molecule has 0 aliphatic carbocycles. The van der Waals surface area contributed by atoms with Gasteiger partial charge in [-0.25, -0.2) is 0 Å². The smallest absolute Gasteiger partial charge is 0.119 e. The minimum Gasteiger partial charge on any atom is -0.494 e. The summed E-state index contributed by atoms with van der Waals surface area (Å²) in [6, 6.07) is 7.65. The lowest BCUT2D eigenvalue weighted by Crippen LogP contribution is -1.98. The first-order chi connectivity index (χ1) is 7.24. The predicted octanol–water partition coefficient (Wildman–Crippen LogP) is 3.31. The normalized spacial score (nSPS) is 12.5. The molecule has 0 spiro atoms. The zero-order valence-corrected chi connectivity index (χ0v) is 9.57. The summed E-state index contributed by atoms with van der Waals surface area (Å²) in [6.45, 7) is 4.70. The maximum Gasteiger partial charge on any atom is 0.119 e. The number of unbranched alkanes of at least 4 members (excludes halogenated alkanes) is 2. The Kier molecular flexibility index (Phi) is 5.19. The lowest BCUT2D eigenvalue weighted by Gasteiger charge is -2.09. The average Bonchev–Trinajstić information content (AvgIpc) is 2.25. The Balaban J connectivity index is 2.43. The summed E-state index contributed by atoms with van der Waals surface area (Å²) in [7, 11) is 0. The van der Waals surface area contributed by atoms with Crippen LogP contribution in [-0.4, -0.2) is 11.7 Å². The van der Waals surface area contributed by atoms with Crippen LogP contribution in [0.4, 0.5) is 0 Å². The summed E-state index contributed by atoms with van der Waals surface area (Å²) >= 11 is 0. The number of benzene rings is 1. The molecular formula is C13H20O2. The quantitative estimate of drug-likeness (QED) is 0.727. The van der Waals surface area contributed by atoms with Crippen molar-refractivity contribution in [3.63, 3.8) is 0 Å². The molecule has 0 aliphatic heterocycles. The Morgan fingerprint density at radius 2 is 2.13 bits per heavy atom. The Morgan fingerprint density at radius 3 is 2.80 bits per heavy atom. The number of aliphatic hydroxyl groups is 1. The van der Waals surface area contributed by atoms with Crippen LogP contribution in [0.3, 0.4) is 0 Å². The summed E-state index contributed by atoms with van der Waals surface area (Å²) in [5.74, 6) is 0.851. The molecule has 15 heavy (non-hydrogen) atoms. The second-order valence-electron chi connectivity index (χ2n) is 3.80. The first kappa shape index (κ1) is 12.1. The van der Waals surface area contributed by atoms with Crippen molar-refractivity contribution in [2.75, 3.05) is 6.61 Å². The van der Waals surface area contributed by atoms with Gasteiger partial charge in [0.1, 0.15) is 5.75 Å². The highest BCUT2D eigenvalue weighted by atomic mass is 16.5. The summed E-state index contributed by atoms with van der Waals surface area (Å²) in [5.41, 5.74) is 0.906. The van der Waals surface area contributed by atoms with Crippen LogP contribution in [0.2, 0.25) is 0 Å². The second-order valence-corrected chi connectivity index (χ2v) is 3.80. The summed E-state index contributed by atoms with van der Waals surface area (Å²) in [6.07, 6.45) is 3.08. The van der Waals surface area contributed by atoms with E-state index in [0.717, 1.165) is 24.3 Å². The number of hydrogen-bond donors (Lipinski definition) is 1. The van der Waals surface area contributed by atoms with E-state index in [4.69, 9.17) is 4.74 Å². The zero-order valence-electron chi connectivity index (χ0n) is 9.57. The number of rotatable bonds is 6. The van der Waals surface area contributed by atoms with Gasteiger partial charge in [0.05, 0.1) is 12.7 Å². The fourth-order valence-electron chi connectivity index (χ4n) is 1.41. The molecule has 1 aromatic rings. The van der Waals surface area contributed by atoms with Crippen LogP contribution in [0.1, 0.15) is 44.8 Å². The molecule has 2 heteroatoms. The van der Waals surface area contributed by atoms with E-state index in [2.05, 4.69) is 6.92 Å². The van der Waals surface area contributed by atoms with E-state index in [1.54, 1.807) is 6.92 Å². The first-order valence-electron chi connectivity index (χ1n) is 5.65. The lowest BCUT2D eigenvalue weighted by molar-refractivity contribution is 0.198. The molecule has 2 nitrogen and oxygen atoms in total. The third-order valence-electron chi connectivity index (χ3n) is 2.36. The van der Waals surface area contributed by atoms with Gasteiger partial charge in [-0.1, -0.05) is 31.9 Å². The van der Waals surface area contributed by atoms with Gasteiger partial charge in [0.25, 0.3) is 0 Å². The van der Waals surface area contributed by atoms with Crippen LogP contribution < -0.4 is 4.74 Å². The van der Waals surface area contributed by atoms with Gasteiger partial charge in [-0.15, -0.1) is 0 Å². The highest BCUT2D eigenvalue weighted by Gasteiger charge is 2.01. The third kappa shape index (κ3) is 4.34. The number of ether oxygens (including phenoxy) is 1. The lowest BCUT2D eigenvalue weighted by atomic mass is 10.1. The molecule has 1 N–H and O–H groups in total. The van der Waals surface area contributed by atoms with Crippen LogP contribution in [0.15, 0.2) is 24.3 Å². The first-order valence-corrected chi connectivity index (χ1v) is 5.65. The van der Waals surface area contributed by atoms with Crippen LogP contribution >= 0.6 is 0 Å². The second kappa shape index (κ2) is 6.46. The van der Waals surface area contributed by atoms with Crippen LogP contribution in [0.25, 0.3) is 0 Å². The van der Waals surface area contributed by atoms with E-state index in [0.29, 0.717) is 0 Å². The van der Waals surface area contributed by atoms with Gasteiger partial charge < -0.3 is 9.84 Å². The maximum absolute atomic E-state index is 9.40. The molecule has 0 aliphatic rings. The molecule has 0 aromatic heterocycles. The molecule has 0 radical (unpaired) electrons. The average molecular weight is 208 g/mol. The van der Waals surface area contributed by atoms with Crippen LogP contribution in [0, 0.1) is 0 Å². The standard InChI is InChI=1S/C13H20O2/c1-3-4-5-9-15-13-8-6-7-12(10-13)11(2)14/h6-8,10-11,14H,3-5,9H2,1-2H3/t11-/m1/s1. The van der Waals surface area contributed by atoms with Crippen molar-refractivity contribution in [1.82, 2.24) is 0 Å². The molecule has 0 amide bonds. The van der Waals surface area contributed by atoms with E-state index in [-0.39, 0.29) is 0 Å². The SMILES string of the molecule is CCCCCOc1cccc([C@@H](C)O)c1. The minimum absolute atomic E-state index is 0.427. The zero-order chi connectivity index (χ0) is 11.1. The summed E-state index contributed by atoms with van der Waals surface area (Å²) in [5, 5.41) is 9.40. The van der Waals surface area contributed by atoms with Gasteiger partial charge in [-0.2, -0.15) is 0 Å². The molecule has 0 saturated carbocycles. The number of hydrogen-bond acceptors (Lipinski definition) is 2. The Morgan fingerprint density at radius 1 is 1.33 bits per heavy atom. The Hall–Kier alpha value is -1.02. The van der Waals surface area contributed by atoms with E-state index in [1.165, 1.54) is 12.8 Å². The summed E-state index contributed by atoms with van der Waals surface area (Å²) < 4.78 is 5.59. The van der Waals surface area contributed by atoms with Gasteiger partial charge in [0.2, 0.25) is 0 Å². The van der Waals surface area contributed by atoms with E-state index in [1.807, 2.05) is 24.3 Å². The van der Waals surface area contributed by atoms with Gasteiger partial charge >= 0.3 is 0 Å². The fraction of sp³-hybridized carbons (Fsp3) is 0.538. The van der Waals surface area contributed by atoms with E-state index in [9.17, 15) is 5.11 Å². The van der Waals surface area contributed by atoms with Crippen molar-refractivity contribution < 1.29 is 9.84 Å². The maximum atomic E-state index is 9.40. The molecule has 0 saturated heterocycles. The number of aliphatic hydroxyl groups excluding tert-OH is 1. The molecule has 0 fully saturated rings. The van der Waals surface area contributed by atoms with E-state index < -0.39 is 6.10 Å². The van der Waals surface area contributed by atoms with Gasteiger partial charge in [0, 0.05) is 0 Å². The van der Waals surface area contributed by atoms with Gasteiger partial charge in [-0.3, -0.25) is 0 Å². The Bertz CT molecular complexity index is 282. The van der Waals surface area contributed by atoms with Gasteiger partial charge in [-0.05, 0) is 31.0 Å². The van der Waals surface area contributed by atoms with Crippen LogP contribution in [0.5, 0.6) is 5.75 Å². The van der Waals surface area contributed by atoms with E-state index >= 15 is 0 Å². The van der Waals surface area contributed by atoms with Crippen LogP contribution in [-0.2, 0) is 0 Å². The topological polar surface area (TPSA) is 29.5 Å². The highest BCUT2D eigenvalue weighted by molar-refractivity contribution is 5.29. The predicted molar refractivity (Wildman–Crippen MR) is 62.1 cm³/mol. The van der Waals surface area contributed by atoms with Crippen molar-refractivity contribution in [2.45, 2.75) is 39.2 Å². The highest BCUT2D eigenvalue weighted by Crippen LogP contribution is 2.18. The molecular weight excluding hydrogens is 188 g/mol. The van der Waals surface area contributed by atoms with Crippen molar-refractivity contribution in [1.29, 1.82) is 0 Å². The molecule has 0 unspecified atom stereocenters. The Labute approximate surface area is 91.9 Å². The molecule has 84 valence electrons. The molecule has 1 rings (SSSR count). The molecule has 0 heterocycles. The molecule has 1 atom stereocenters. The third-order valence-corrected chi connectivity index (χ3v) is 2.36. The van der Waals surface area contributed by atoms with Crippen molar-refractivity contribution in [3.8, 4) is 5.75 Å². The van der Waals surface area contributed by atoms with Crippen molar-refractivity contribution in [2.24, 2.45) is 0 Å². The largest absolute Gasteiger partial charge is 0.494 e. The monoisotopic (exact) mass is 208 g/mol. The van der Waals surface area contributed by atoms with Crippen molar-refractivity contribution in [3.05, 3.63) is 29.8 Å². The fourth-order valence-corrected chi connectivity index (χ4v) is 1.41. The summed E-state index contributed by atoms with van der Waals surface area (Å²) in [4.78, 5) is 0. The van der Waals surface area contributed by atoms with Crippen molar-refractivity contribution >= 4 is 0 Å². The van der Waals surface area contributed by atoms with Gasteiger partial charge in [0.15, 0.2) is 0 Å². The minimum atomic E-state index is -0.427.